The van der Waals surface area contributed by atoms with Crippen LogP contribution in [0.25, 0.3) is 17.0 Å². The van der Waals surface area contributed by atoms with Gasteiger partial charge in [0.2, 0.25) is 15.9 Å². The fourth-order valence-electron chi connectivity index (χ4n) is 2.85. The maximum absolute atomic E-state index is 13.3. The third-order valence-electron chi connectivity index (χ3n) is 4.41. The smallest absolute Gasteiger partial charge is 0.240 e. The summed E-state index contributed by atoms with van der Waals surface area (Å²) in [6.07, 6.45) is 0. The van der Waals surface area contributed by atoms with Gasteiger partial charge in [0.1, 0.15) is 18.2 Å². The highest BCUT2D eigenvalue weighted by atomic mass is 35.5. The minimum absolute atomic E-state index is 0.00326. The number of nitrogens with one attached hydrogen (secondary N) is 1. The molecule has 2 aromatic heterocycles. The summed E-state index contributed by atoms with van der Waals surface area (Å²) in [5.74, 6) is 0.725. The molecule has 4 aromatic rings. The highest BCUT2D eigenvalue weighted by Gasteiger charge is 2.16. The summed E-state index contributed by atoms with van der Waals surface area (Å²) in [5, 5.41) is 12.4. The minimum Gasteiger partial charge on any atom is -0.497 e. The van der Waals surface area contributed by atoms with E-state index in [1.807, 2.05) is 24.3 Å². The predicted molar refractivity (Wildman–Crippen MR) is 115 cm³/mol. The second-order valence-electron chi connectivity index (χ2n) is 6.52. The van der Waals surface area contributed by atoms with Crippen LogP contribution in [0.5, 0.6) is 11.6 Å². The molecule has 0 aliphatic carbocycles. The number of fused-ring (bicyclic) bond motifs is 1. The Hall–Kier alpha value is -3.28. The molecule has 0 spiro atoms. The van der Waals surface area contributed by atoms with E-state index in [-0.39, 0.29) is 28.9 Å². The largest absolute Gasteiger partial charge is 0.497 e. The van der Waals surface area contributed by atoms with Gasteiger partial charge in [0, 0.05) is 18.2 Å². The molecule has 0 atom stereocenters. The lowest BCUT2D eigenvalue weighted by atomic mass is 10.2. The molecule has 166 valence electrons. The van der Waals surface area contributed by atoms with Crippen LogP contribution in [0, 0.1) is 5.82 Å². The molecule has 0 aliphatic heterocycles. The maximum atomic E-state index is 13.3. The standard InChI is InChI=1S/C20H17ClFN5O4S/c1-30-14-4-2-3-13(11-14)20-25-24-18-7-8-19(26-27(18)20)31-10-9-23-32(28,29)15-5-6-17(22)16(21)12-15/h2-8,11-12,23H,9-10H2,1H3. The van der Waals surface area contributed by atoms with Crippen LogP contribution < -0.4 is 14.2 Å². The zero-order chi connectivity index (χ0) is 22.7. The first-order valence-corrected chi connectivity index (χ1v) is 11.2. The second kappa shape index (κ2) is 9.07. The number of hydrogen-bond donors (Lipinski definition) is 1. The molecule has 32 heavy (non-hydrogen) atoms. The lowest BCUT2D eigenvalue weighted by Crippen LogP contribution is -2.28. The number of rotatable bonds is 8. The van der Waals surface area contributed by atoms with E-state index in [0.717, 1.165) is 23.8 Å². The van der Waals surface area contributed by atoms with E-state index in [4.69, 9.17) is 21.1 Å². The monoisotopic (exact) mass is 477 g/mol. The van der Waals surface area contributed by atoms with E-state index in [1.165, 1.54) is 4.52 Å². The van der Waals surface area contributed by atoms with Gasteiger partial charge >= 0.3 is 0 Å². The summed E-state index contributed by atoms with van der Waals surface area (Å²) in [5.41, 5.74) is 1.27. The van der Waals surface area contributed by atoms with Crippen LogP contribution in [0.1, 0.15) is 0 Å². The zero-order valence-electron chi connectivity index (χ0n) is 16.7. The zero-order valence-corrected chi connectivity index (χ0v) is 18.3. The Kier molecular flexibility index (Phi) is 6.21. The number of halogens is 2. The van der Waals surface area contributed by atoms with Gasteiger partial charge in [-0.3, -0.25) is 0 Å². The van der Waals surface area contributed by atoms with Gasteiger partial charge in [0.15, 0.2) is 11.5 Å². The summed E-state index contributed by atoms with van der Waals surface area (Å²) in [6, 6.07) is 13.8. The van der Waals surface area contributed by atoms with Gasteiger partial charge in [-0.2, -0.15) is 4.52 Å². The summed E-state index contributed by atoms with van der Waals surface area (Å²) in [4.78, 5) is -0.143. The van der Waals surface area contributed by atoms with Crippen LogP contribution in [0.15, 0.2) is 59.5 Å². The highest BCUT2D eigenvalue weighted by molar-refractivity contribution is 7.89. The number of nitrogens with zero attached hydrogens (tertiary/aromatic N) is 4. The summed E-state index contributed by atoms with van der Waals surface area (Å²) in [6.45, 7) is -0.0365. The number of methoxy groups -OCH3 is 1. The van der Waals surface area contributed by atoms with Crippen molar-refractivity contribution in [2.45, 2.75) is 4.90 Å². The number of benzene rings is 2. The van der Waals surface area contributed by atoms with E-state index in [1.54, 1.807) is 19.2 Å². The van der Waals surface area contributed by atoms with Gasteiger partial charge < -0.3 is 9.47 Å². The lowest BCUT2D eigenvalue weighted by molar-refractivity contribution is 0.306. The Morgan fingerprint density at radius 1 is 1.12 bits per heavy atom. The highest BCUT2D eigenvalue weighted by Crippen LogP contribution is 2.23. The average molecular weight is 478 g/mol. The lowest BCUT2D eigenvalue weighted by Gasteiger charge is -2.09. The average Bonchev–Trinajstić information content (AvgIpc) is 3.22. The van der Waals surface area contributed by atoms with Crippen molar-refractivity contribution in [3.8, 4) is 23.0 Å². The molecular formula is C20H17ClFN5O4S. The van der Waals surface area contributed by atoms with Gasteiger partial charge in [-0.1, -0.05) is 23.7 Å². The second-order valence-corrected chi connectivity index (χ2v) is 8.69. The van der Waals surface area contributed by atoms with Crippen molar-refractivity contribution in [1.82, 2.24) is 24.5 Å². The Morgan fingerprint density at radius 3 is 2.75 bits per heavy atom. The quantitative estimate of drug-likeness (QED) is 0.389. The first-order chi connectivity index (χ1) is 15.4. The number of sulfonamides is 1. The van der Waals surface area contributed by atoms with Crippen molar-refractivity contribution in [2.24, 2.45) is 0 Å². The molecule has 0 unspecified atom stereocenters. The third kappa shape index (κ3) is 4.64. The molecule has 12 heteroatoms. The van der Waals surface area contributed by atoms with Crippen LogP contribution in [-0.4, -0.2) is 48.5 Å². The van der Waals surface area contributed by atoms with Gasteiger partial charge in [-0.15, -0.1) is 15.3 Å². The maximum Gasteiger partial charge on any atom is 0.240 e. The first kappa shape index (κ1) is 21.9. The summed E-state index contributed by atoms with van der Waals surface area (Å²) in [7, 11) is -2.29. The van der Waals surface area contributed by atoms with Crippen molar-refractivity contribution in [1.29, 1.82) is 0 Å². The van der Waals surface area contributed by atoms with Crippen molar-refractivity contribution in [3.05, 3.63) is 65.4 Å². The predicted octanol–water partition coefficient (Wildman–Crippen LogP) is 2.95. The molecule has 0 saturated carbocycles. The van der Waals surface area contributed by atoms with E-state index in [0.29, 0.717) is 17.2 Å². The van der Waals surface area contributed by atoms with Crippen LogP contribution in [-0.2, 0) is 10.0 Å². The molecule has 0 bridgehead atoms. The third-order valence-corrected chi connectivity index (χ3v) is 6.16. The molecule has 2 heterocycles. The molecule has 0 aliphatic rings. The van der Waals surface area contributed by atoms with Crippen molar-refractivity contribution >= 4 is 27.3 Å². The van der Waals surface area contributed by atoms with E-state index >= 15 is 0 Å². The molecule has 0 amide bonds. The molecule has 0 saturated heterocycles. The van der Waals surface area contributed by atoms with Crippen LogP contribution in [0.2, 0.25) is 5.02 Å². The van der Waals surface area contributed by atoms with Gasteiger partial charge in [-0.05, 0) is 36.4 Å². The first-order valence-electron chi connectivity index (χ1n) is 9.32. The van der Waals surface area contributed by atoms with Crippen molar-refractivity contribution in [3.63, 3.8) is 0 Å². The minimum atomic E-state index is -3.87. The summed E-state index contributed by atoms with van der Waals surface area (Å²) < 4.78 is 52.6. The fraction of sp³-hybridized carbons (Fsp3) is 0.150. The Bertz CT molecular complexity index is 1380. The van der Waals surface area contributed by atoms with Gasteiger partial charge in [0.05, 0.1) is 17.0 Å². The molecule has 2 aromatic carbocycles. The molecule has 0 radical (unpaired) electrons. The van der Waals surface area contributed by atoms with E-state index < -0.39 is 15.8 Å². The van der Waals surface area contributed by atoms with Crippen molar-refractivity contribution < 1.29 is 22.3 Å². The number of aromatic nitrogens is 4. The number of hydrogen-bond acceptors (Lipinski definition) is 7. The molecule has 0 fully saturated rings. The van der Waals surface area contributed by atoms with Gasteiger partial charge in [-0.25, -0.2) is 17.5 Å². The normalized spacial score (nSPS) is 11.6. The number of ether oxygens (including phenoxy) is 2. The Morgan fingerprint density at radius 2 is 1.97 bits per heavy atom. The molecule has 4 rings (SSSR count). The Labute approximate surface area is 187 Å². The Balaban J connectivity index is 1.44. The van der Waals surface area contributed by atoms with Crippen LogP contribution >= 0.6 is 11.6 Å². The van der Waals surface area contributed by atoms with E-state index in [2.05, 4.69) is 20.0 Å². The van der Waals surface area contributed by atoms with Crippen LogP contribution in [0.4, 0.5) is 4.39 Å². The van der Waals surface area contributed by atoms with E-state index in [9.17, 15) is 12.8 Å². The van der Waals surface area contributed by atoms with Crippen LogP contribution in [0.3, 0.4) is 0 Å². The topological polar surface area (TPSA) is 108 Å². The molecule has 1 N–H and O–H groups in total. The molecular weight excluding hydrogens is 461 g/mol. The summed E-state index contributed by atoms with van der Waals surface area (Å²) >= 11 is 5.65. The fourth-order valence-corrected chi connectivity index (χ4v) is 4.13. The van der Waals surface area contributed by atoms with Crippen molar-refractivity contribution in [2.75, 3.05) is 20.3 Å². The SMILES string of the molecule is COc1cccc(-c2nnc3ccc(OCCNS(=O)(=O)c4ccc(F)c(Cl)c4)nn23)c1. The van der Waals surface area contributed by atoms with Gasteiger partial charge in [0.25, 0.3) is 0 Å². The molecule has 9 nitrogen and oxygen atoms in total.